The molecule has 2 aromatic rings. The first-order chi connectivity index (χ1) is 11.2. The van der Waals surface area contributed by atoms with E-state index >= 15 is 0 Å². The minimum absolute atomic E-state index is 0.115. The average molecular weight is 316 g/mol. The van der Waals surface area contributed by atoms with Crippen LogP contribution in [0.1, 0.15) is 22.8 Å². The predicted molar refractivity (Wildman–Crippen MR) is 90.2 cm³/mol. The van der Waals surface area contributed by atoms with Crippen LogP contribution in [0.3, 0.4) is 0 Å². The highest BCUT2D eigenvalue weighted by atomic mass is 16.5. The number of benzene rings is 2. The van der Waals surface area contributed by atoms with Crippen molar-refractivity contribution in [2.24, 2.45) is 0 Å². The topological polar surface area (TPSA) is 66.3 Å². The highest BCUT2D eigenvalue weighted by Gasteiger charge is 2.17. The van der Waals surface area contributed by atoms with Gasteiger partial charge in [-0.3, -0.25) is 0 Å². The maximum absolute atomic E-state index is 10.0. The van der Waals surface area contributed by atoms with E-state index in [4.69, 9.17) is 9.84 Å². The third-order valence-electron chi connectivity index (χ3n) is 3.71. The number of ether oxygens (including phenoxy) is 1. The van der Waals surface area contributed by atoms with E-state index in [2.05, 4.69) is 31.2 Å². The van der Waals surface area contributed by atoms with Gasteiger partial charge in [-0.2, -0.15) is 0 Å². The van der Waals surface area contributed by atoms with Crippen LogP contribution in [0.2, 0.25) is 0 Å². The number of hydrogen-bond donors (Lipinski definition) is 3. The molecule has 0 aliphatic carbocycles. The Kier molecular flexibility index (Phi) is 7.23. The first kappa shape index (κ1) is 17.6. The molecule has 0 unspecified atom stereocenters. The Balaban J connectivity index is 2.04. The summed E-state index contributed by atoms with van der Waals surface area (Å²) in [5.74, 6) is 0. The van der Waals surface area contributed by atoms with Crippen molar-refractivity contribution in [1.29, 1.82) is 0 Å². The maximum Gasteiger partial charge on any atom is 0.126 e. The third-order valence-corrected chi connectivity index (χ3v) is 3.71. The molecule has 0 spiro atoms. The van der Waals surface area contributed by atoms with Gasteiger partial charge in [-0.1, -0.05) is 60.2 Å². The van der Waals surface area contributed by atoms with Crippen LogP contribution >= 0.6 is 0 Å². The van der Waals surface area contributed by atoms with Crippen molar-refractivity contribution in [3.63, 3.8) is 0 Å². The van der Waals surface area contributed by atoms with Crippen LogP contribution in [0.25, 0.3) is 0 Å². The summed E-state index contributed by atoms with van der Waals surface area (Å²) in [6, 6.07) is 18.3. The number of nitrogens with two attached hydrogens (primary N) is 1. The summed E-state index contributed by atoms with van der Waals surface area (Å²) < 4.78 is 6.01. The van der Waals surface area contributed by atoms with Gasteiger partial charge in [0.1, 0.15) is 18.8 Å². The first-order valence-electron chi connectivity index (χ1n) is 8.04. The van der Waals surface area contributed by atoms with Crippen LogP contribution in [-0.2, 0) is 4.74 Å². The van der Waals surface area contributed by atoms with Crippen LogP contribution in [0, 0.1) is 6.92 Å². The van der Waals surface area contributed by atoms with Crippen molar-refractivity contribution in [3.05, 3.63) is 71.3 Å². The van der Waals surface area contributed by atoms with E-state index in [1.165, 1.54) is 5.56 Å². The number of aliphatic hydroxyl groups excluding tert-OH is 2. The molecule has 0 bridgehead atoms. The van der Waals surface area contributed by atoms with Gasteiger partial charge >= 0.3 is 0 Å². The van der Waals surface area contributed by atoms with E-state index in [-0.39, 0.29) is 19.3 Å². The molecule has 124 valence electrons. The lowest BCUT2D eigenvalue weighted by Gasteiger charge is -2.21. The molecule has 4 heteroatoms. The van der Waals surface area contributed by atoms with Gasteiger partial charge < -0.3 is 20.3 Å². The van der Waals surface area contributed by atoms with Gasteiger partial charge in [0, 0.05) is 0 Å². The molecule has 0 fully saturated rings. The van der Waals surface area contributed by atoms with Crippen molar-refractivity contribution in [2.45, 2.75) is 19.1 Å². The molecular weight excluding hydrogens is 290 g/mol. The van der Waals surface area contributed by atoms with Crippen molar-refractivity contribution in [2.75, 3.05) is 26.3 Å². The number of quaternary nitrogens is 1. The standard InChI is InChI=1S/C19H25NO3/c1-15-7-9-17(10-8-15)19(16-5-3-2-4-6-16)23-14-18(22)13-20-11-12-21/h2-10,18-22H,11-14H2,1H3/p+1/t18-,19-/m1/s1. The maximum atomic E-state index is 10.0. The molecule has 23 heavy (non-hydrogen) atoms. The Morgan fingerprint density at radius 1 is 1.00 bits per heavy atom. The van der Waals surface area contributed by atoms with E-state index in [9.17, 15) is 5.11 Å². The molecule has 2 aromatic carbocycles. The first-order valence-corrected chi connectivity index (χ1v) is 8.04. The summed E-state index contributed by atoms with van der Waals surface area (Å²) in [6.07, 6.45) is -0.748. The molecular formula is C19H26NO3+. The molecule has 0 amide bonds. The van der Waals surface area contributed by atoms with Gasteiger partial charge in [0.15, 0.2) is 0 Å². The van der Waals surface area contributed by atoms with Crippen molar-refractivity contribution >= 4 is 0 Å². The predicted octanol–water partition coefficient (Wildman–Crippen LogP) is 1.02. The van der Waals surface area contributed by atoms with Crippen molar-refractivity contribution in [1.82, 2.24) is 0 Å². The highest BCUT2D eigenvalue weighted by molar-refractivity contribution is 5.31. The summed E-state index contributed by atoms with van der Waals surface area (Å²) in [4.78, 5) is 0. The second-order valence-corrected chi connectivity index (χ2v) is 5.73. The fourth-order valence-corrected chi connectivity index (χ4v) is 2.43. The van der Waals surface area contributed by atoms with Crippen LogP contribution in [0.15, 0.2) is 54.6 Å². The van der Waals surface area contributed by atoms with E-state index < -0.39 is 6.10 Å². The molecule has 0 saturated carbocycles. The van der Waals surface area contributed by atoms with Gasteiger partial charge in [0.2, 0.25) is 0 Å². The summed E-state index contributed by atoms with van der Waals surface area (Å²) >= 11 is 0. The fraction of sp³-hybridized carbons (Fsp3) is 0.368. The Labute approximate surface area is 137 Å². The molecule has 0 aromatic heterocycles. The van der Waals surface area contributed by atoms with E-state index in [0.717, 1.165) is 11.1 Å². The number of rotatable bonds is 9. The minimum Gasteiger partial charge on any atom is -0.391 e. The fourth-order valence-electron chi connectivity index (χ4n) is 2.43. The average Bonchev–Trinajstić information content (AvgIpc) is 2.58. The Morgan fingerprint density at radius 2 is 1.65 bits per heavy atom. The lowest BCUT2D eigenvalue weighted by Crippen LogP contribution is -2.87. The van der Waals surface area contributed by atoms with Gasteiger partial charge in [0.25, 0.3) is 0 Å². The zero-order valence-electron chi connectivity index (χ0n) is 13.6. The molecule has 0 aliphatic heterocycles. The Morgan fingerprint density at radius 3 is 2.30 bits per heavy atom. The lowest BCUT2D eigenvalue weighted by atomic mass is 10.0. The van der Waals surface area contributed by atoms with Crippen LogP contribution in [0.5, 0.6) is 0 Å². The second kappa shape index (κ2) is 9.43. The van der Waals surface area contributed by atoms with Gasteiger partial charge in [0.05, 0.1) is 19.8 Å². The Bertz CT molecular complexity index is 557. The van der Waals surface area contributed by atoms with Gasteiger partial charge in [-0.05, 0) is 18.1 Å². The normalized spacial score (nSPS) is 13.7. The number of aliphatic hydroxyl groups is 2. The zero-order chi connectivity index (χ0) is 16.5. The third kappa shape index (κ3) is 5.77. The molecule has 4 N–H and O–H groups in total. The summed E-state index contributed by atoms with van der Waals surface area (Å²) in [5.41, 5.74) is 3.36. The summed E-state index contributed by atoms with van der Waals surface area (Å²) in [5, 5.41) is 20.7. The molecule has 4 nitrogen and oxygen atoms in total. The van der Waals surface area contributed by atoms with E-state index in [0.29, 0.717) is 13.1 Å². The van der Waals surface area contributed by atoms with Gasteiger partial charge in [-0.15, -0.1) is 0 Å². The molecule has 0 aliphatic rings. The largest absolute Gasteiger partial charge is 0.391 e. The SMILES string of the molecule is Cc1ccc([C@H](OC[C@H](O)C[NH2+]CCO)c2ccccc2)cc1. The molecule has 2 atom stereocenters. The monoisotopic (exact) mass is 316 g/mol. The van der Waals surface area contributed by atoms with Crippen molar-refractivity contribution < 1.29 is 20.3 Å². The van der Waals surface area contributed by atoms with Crippen LogP contribution < -0.4 is 5.32 Å². The van der Waals surface area contributed by atoms with Crippen molar-refractivity contribution in [3.8, 4) is 0 Å². The smallest absolute Gasteiger partial charge is 0.126 e. The molecule has 0 radical (unpaired) electrons. The van der Waals surface area contributed by atoms with E-state index in [1.54, 1.807) is 0 Å². The minimum atomic E-state index is -0.557. The summed E-state index contributed by atoms with van der Waals surface area (Å²) in [7, 11) is 0. The quantitative estimate of drug-likeness (QED) is 0.605. The number of hydrogen-bond acceptors (Lipinski definition) is 3. The van der Waals surface area contributed by atoms with E-state index in [1.807, 2.05) is 35.6 Å². The molecule has 0 heterocycles. The van der Waals surface area contributed by atoms with Crippen LogP contribution in [-0.4, -0.2) is 42.6 Å². The molecule has 2 rings (SSSR count). The zero-order valence-corrected chi connectivity index (χ0v) is 13.6. The highest BCUT2D eigenvalue weighted by Crippen LogP contribution is 2.26. The van der Waals surface area contributed by atoms with Crippen LogP contribution in [0.4, 0.5) is 0 Å². The molecule has 0 saturated heterocycles. The van der Waals surface area contributed by atoms with Gasteiger partial charge in [-0.25, -0.2) is 0 Å². The second-order valence-electron chi connectivity index (χ2n) is 5.73. The lowest BCUT2D eigenvalue weighted by molar-refractivity contribution is -0.662. The Hall–Kier alpha value is -1.72. The summed E-state index contributed by atoms with van der Waals surface area (Å²) in [6.45, 7) is 3.55. The number of aryl methyl sites for hydroxylation is 1.